The number of unbranched alkanes of at least 4 members (excludes halogenated alkanes) is 3. The molecule has 2 aliphatic rings. The zero-order valence-electron chi connectivity index (χ0n) is 39.5. The molecule has 64 heavy (non-hydrogen) atoms. The molecule has 1 aliphatic carbocycles. The highest BCUT2D eigenvalue weighted by atomic mass is 28.3. The predicted molar refractivity (Wildman–Crippen MR) is 276 cm³/mol. The van der Waals surface area contributed by atoms with Gasteiger partial charge in [-0.2, -0.15) is 0 Å². The van der Waals surface area contributed by atoms with E-state index in [0.717, 1.165) is 51.6 Å². The summed E-state index contributed by atoms with van der Waals surface area (Å²) < 4.78 is 2.22. The molecule has 0 bridgehead atoms. The number of allylic oxidation sites excluding steroid dienone is 6. The monoisotopic (exact) mass is 868 g/mol. The Hall–Kier alpha value is -5.89. The molecular formula is C57H67N4O2Si+. The van der Waals surface area contributed by atoms with Gasteiger partial charge in [0, 0.05) is 57.0 Å². The van der Waals surface area contributed by atoms with Gasteiger partial charge < -0.3 is 15.5 Å². The quantitative estimate of drug-likeness (QED) is 0.0303. The van der Waals surface area contributed by atoms with Crippen LogP contribution in [0.1, 0.15) is 74.6 Å². The molecule has 0 fully saturated rings. The third-order valence-electron chi connectivity index (χ3n) is 13.2. The molecule has 0 spiro atoms. The zero-order valence-corrected chi connectivity index (χ0v) is 40.5. The molecule has 7 heteroatoms. The fourth-order valence-corrected chi connectivity index (χ4v) is 12.5. The zero-order chi connectivity index (χ0) is 45.7. The number of hydrogen-bond acceptors (Lipinski definition) is 4. The summed E-state index contributed by atoms with van der Waals surface area (Å²) in [5.41, 5.74) is 14.0. The molecule has 0 atom stereocenters. The average Bonchev–Trinajstić information content (AvgIpc) is 3.28. The number of aryl methyl sites for hydroxylation is 1. The van der Waals surface area contributed by atoms with Crippen LogP contribution < -0.4 is 20.7 Å². The van der Waals surface area contributed by atoms with E-state index >= 15 is 0 Å². The number of carbonyl (C=O) groups is 2. The van der Waals surface area contributed by atoms with Gasteiger partial charge in [0.15, 0.2) is 11.5 Å². The second kappa shape index (κ2) is 19.9. The number of fused-ring (bicyclic) bond motifs is 4. The normalized spacial score (nSPS) is 14.0. The first kappa shape index (κ1) is 46.1. The third kappa shape index (κ3) is 9.76. The number of nitrogens with zero attached hydrogens (tertiary/aromatic N) is 2. The van der Waals surface area contributed by atoms with Crippen molar-refractivity contribution in [3.05, 3.63) is 160 Å². The highest BCUT2D eigenvalue weighted by Gasteiger charge is 2.40. The Balaban J connectivity index is 1.25. The lowest BCUT2D eigenvalue weighted by atomic mass is 9.86. The van der Waals surface area contributed by atoms with Gasteiger partial charge in [0.2, 0.25) is 5.91 Å². The summed E-state index contributed by atoms with van der Waals surface area (Å²) in [5, 5.41) is 14.8. The largest absolute Gasteiger partial charge is 0.378 e. The van der Waals surface area contributed by atoms with Gasteiger partial charge in [0.25, 0.3) is 0 Å². The van der Waals surface area contributed by atoms with Gasteiger partial charge in [-0.15, -0.1) is 0 Å². The van der Waals surface area contributed by atoms with Crippen molar-refractivity contribution in [2.75, 3.05) is 46.2 Å². The predicted octanol–water partition coefficient (Wildman–Crippen LogP) is 11.0. The van der Waals surface area contributed by atoms with Crippen molar-refractivity contribution in [2.45, 2.75) is 78.4 Å². The smallest absolute Gasteiger partial charge is 0.246 e. The minimum atomic E-state index is -2.04. The van der Waals surface area contributed by atoms with Crippen molar-refractivity contribution < 1.29 is 14.2 Å². The van der Waals surface area contributed by atoms with E-state index in [9.17, 15) is 9.59 Å². The minimum Gasteiger partial charge on any atom is -0.378 e. The van der Waals surface area contributed by atoms with Crippen LogP contribution in [0.2, 0.25) is 13.1 Å². The van der Waals surface area contributed by atoms with Crippen LogP contribution in [-0.4, -0.2) is 71.3 Å². The topological polar surface area (TPSA) is 64.5 Å². The number of ketones is 1. The Morgan fingerprint density at radius 3 is 2.06 bits per heavy atom. The standard InChI is InChI=1S/C57H66N4O2Si/c1-38(2)53(62)21-14-12-11-13-18-46-45-19-15-16-20-47(45)52(37-58-32-17-33-59-57(63)39(3)4)48-29-26-42(34-51(46)48)40-22-24-41(25-23-40)56-49-30-27-43(60(5)6)35-54(49)64(9,10)55-36-44(61(7)8)28-31-50(55)56/h15-16,19-20,22-31,34-36,58H,1,3,11-14,17-18,21,32-33,37H2,2,4-10H3/p+1. The van der Waals surface area contributed by atoms with Crippen LogP contribution in [0, 0.1) is 0 Å². The Morgan fingerprint density at radius 1 is 0.703 bits per heavy atom. The molecule has 6 nitrogen and oxygen atoms in total. The van der Waals surface area contributed by atoms with Gasteiger partial charge in [0.1, 0.15) is 22.2 Å². The molecule has 1 aliphatic heterocycles. The van der Waals surface area contributed by atoms with Gasteiger partial charge in [0.05, 0.1) is 0 Å². The maximum atomic E-state index is 12.2. The van der Waals surface area contributed by atoms with Crippen LogP contribution in [0.15, 0.2) is 138 Å². The number of nitrogens with one attached hydrogen (secondary N) is 2. The lowest BCUT2D eigenvalue weighted by Gasteiger charge is -2.38. The van der Waals surface area contributed by atoms with Crippen molar-refractivity contribution in [1.29, 1.82) is 0 Å². The van der Waals surface area contributed by atoms with E-state index in [-0.39, 0.29) is 11.7 Å². The minimum absolute atomic E-state index is 0.0928. The number of Topliss-reactive ketones (excluding diaryl/α,β-unsaturated/α-hetero) is 1. The Labute approximate surface area is 382 Å². The fourth-order valence-electron chi connectivity index (χ4n) is 9.45. The molecule has 0 saturated carbocycles. The van der Waals surface area contributed by atoms with Crippen molar-refractivity contribution in [3.8, 4) is 11.1 Å². The van der Waals surface area contributed by atoms with E-state index in [1.807, 2.05) is 6.92 Å². The van der Waals surface area contributed by atoms with Crippen molar-refractivity contribution >= 4 is 63.5 Å². The molecule has 0 unspecified atom stereocenters. The van der Waals surface area contributed by atoms with Crippen LogP contribution in [0.5, 0.6) is 0 Å². The van der Waals surface area contributed by atoms with E-state index in [4.69, 9.17) is 0 Å². The van der Waals surface area contributed by atoms with Crippen LogP contribution in [0.3, 0.4) is 0 Å². The first-order chi connectivity index (χ1) is 30.7. The number of benzene rings is 5. The second-order valence-corrected chi connectivity index (χ2v) is 23.1. The SMILES string of the molecule is C=C(C)C(=O)CCCCCCc1c2ccccc2c(CNCCCNC(=O)C(=C)C)c2ccc(-c3ccc(C4=C5C=CC(=[N+](C)C)C=C5[Si](C)(C)c5cc(N(C)C)ccc54)cc3)cc12. The van der Waals surface area contributed by atoms with Crippen LogP contribution in [0.25, 0.3) is 38.2 Å². The summed E-state index contributed by atoms with van der Waals surface area (Å²) in [6.07, 6.45) is 13.5. The molecule has 7 rings (SSSR count). The van der Waals surface area contributed by atoms with Gasteiger partial charge in [-0.05, 0) is 152 Å². The van der Waals surface area contributed by atoms with Crippen LogP contribution in [0.4, 0.5) is 5.69 Å². The first-order valence-electron chi connectivity index (χ1n) is 23.1. The van der Waals surface area contributed by atoms with Gasteiger partial charge in [-0.3, -0.25) is 9.59 Å². The number of hydrogen-bond donors (Lipinski definition) is 2. The van der Waals surface area contributed by atoms with E-state index in [2.05, 4.69) is 178 Å². The Bertz CT molecular complexity index is 2780. The van der Waals surface area contributed by atoms with E-state index < -0.39 is 8.07 Å². The number of rotatable bonds is 18. The van der Waals surface area contributed by atoms with Crippen LogP contribution >= 0.6 is 0 Å². The highest BCUT2D eigenvalue weighted by Crippen LogP contribution is 2.43. The molecule has 0 saturated heterocycles. The lowest BCUT2D eigenvalue weighted by Crippen LogP contribution is -2.49. The Kier molecular flexibility index (Phi) is 14.3. The molecule has 2 N–H and O–H groups in total. The van der Waals surface area contributed by atoms with Crippen LogP contribution in [-0.2, 0) is 22.6 Å². The summed E-state index contributed by atoms with van der Waals surface area (Å²) in [5.74, 6) is 0.0814. The third-order valence-corrected chi connectivity index (χ3v) is 16.8. The summed E-state index contributed by atoms with van der Waals surface area (Å²) in [6.45, 7) is 18.3. The Morgan fingerprint density at radius 2 is 1.38 bits per heavy atom. The highest BCUT2D eigenvalue weighted by molar-refractivity contribution is 6.98. The molecule has 1 heterocycles. The summed E-state index contributed by atoms with van der Waals surface area (Å²) in [7, 11) is 6.48. The number of amides is 1. The van der Waals surface area contributed by atoms with Gasteiger partial charge in [-0.25, -0.2) is 4.58 Å². The van der Waals surface area contributed by atoms with Crippen molar-refractivity contribution in [3.63, 3.8) is 0 Å². The molecular weight excluding hydrogens is 801 g/mol. The van der Waals surface area contributed by atoms with Gasteiger partial charge >= 0.3 is 0 Å². The van der Waals surface area contributed by atoms with Gasteiger partial charge in [-0.1, -0.05) is 106 Å². The molecule has 5 aromatic carbocycles. The second-order valence-electron chi connectivity index (χ2n) is 18.8. The van der Waals surface area contributed by atoms with E-state index in [0.29, 0.717) is 24.1 Å². The molecule has 5 aromatic rings. The summed E-state index contributed by atoms with van der Waals surface area (Å²) in [4.78, 5) is 26.5. The molecule has 330 valence electrons. The number of anilines is 1. The maximum absolute atomic E-state index is 12.2. The summed E-state index contributed by atoms with van der Waals surface area (Å²) in [6, 6.07) is 32.3. The van der Waals surface area contributed by atoms with E-state index in [1.54, 1.807) is 6.92 Å². The first-order valence-corrected chi connectivity index (χ1v) is 26.1. The molecule has 0 aromatic heterocycles. The average molecular weight is 868 g/mol. The van der Waals surface area contributed by atoms with Crippen molar-refractivity contribution in [1.82, 2.24) is 10.6 Å². The molecule has 0 radical (unpaired) electrons. The lowest BCUT2D eigenvalue weighted by molar-refractivity contribution is -0.462. The number of carbonyl (C=O) groups excluding carboxylic acids is 2. The fraction of sp³-hybridized carbons (Fsp3) is 0.316. The van der Waals surface area contributed by atoms with E-state index in [1.165, 1.54) is 87.9 Å². The summed E-state index contributed by atoms with van der Waals surface area (Å²) >= 11 is 0. The maximum Gasteiger partial charge on any atom is 0.246 e. The molecule has 1 amide bonds. The van der Waals surface area contributed by atoms with Crippen molar-refractivity contribution in [2.24, 2.45) is 0 Å².